The zero-order valence-electron chi connectivity index (χ0n) is 6.67. The number of methoxy groups -OCH3 is 1. The third kappa shape index (κ3) is 2.32. The van der Waals surface area contributed by atoms with Crippen molar-refractivity contribution in [1.29, 1.82) is 0 Å². The maximum absolute atomic E-state index is 5.08. The summed E-state index contributed by atoms with van der Waals surface area (Å²) in [7, 11) is 1.64. The van der Waals surface area contributed by atoms with Gasteiger partial charge in [-0.1, -0.05) is 0 Å². The molecule has 12 heavy (non-hydrogen) atoms. The Morgan fingerprint density at radius 2 is 2.33 bits per heavy atom. The molecular formula is C8H10BrNOS. The maximum atomic E-state index is 5.08. The zero-order chi connectivity index (χ0) is 8.97. The highest BCUT2D eigenvalue weighted by molar-refractivity contribution is 9.10. The number of benzene rings is 1. The molecule has 0 aliphatic carbocycles. The standard InChI is InChI=1S/C8H10BrNOS/c1-11-8-3-2-6(10-5-12)4-7(8)9/h2-4,10,12H,5H2,1H3. The van der Waals surface area contributed by atoms with Crippen LogP contribution < -0.4 is 10.1 Å². The first-order valence-corrected chi connectivity index (χ1v) is 4.88. The Morgan fingerprint density at radius 3 is 2.83 bits per heavy atom. The molecule has 0 saturated heterocycles. The van der Waals surface area contributed by atoms with Crippen LogP contribution in [0.1, 0.15) is 0 Å². The molecule has 0 amide bonds. The minimum atomic E-state index is 0.624. The average molecular weight is 248 g/mol. The van der Waals surface area contributed by atoms with E-state index in [1.54, 1.807) is 7.11 Å². The monoisotopic (exact) mass is 247 g/mol. The van der Waals surface area contributed by atoms with E-state index in [9.17, 15) is 0 Å². The molecule has 0 saturated carbocycles. The molecule has 0 bridgehead atoms. The van der Waals surface area contributed by atoms with Crippen LogP contribution in [0, 0.1) is 0 Å². The van der Waals surface area contributed by atoms with Gasteiger partial charge >= 0.3 is 0 Å². The molecule has 2 nitrogen and oxygen atoms in total. The minimum Gasteiger partial charge on any atom is -0.496 e. The van der Waals surface area contributed by atoms with Gasteiger partial charge in [-0.2, -0.15) is 12.6 Å². The quantitative estimate of drug-likeness (QED) is 0.634. The van der Waals surface area contributed by atoms with Gasteiger partial charge in [0.2, 0.25) is 0 Å². The number of thiol groups is 1. The van der Waals surface area contributed by atoms with Gasteiger partial charge in [-0.25, -0.2) is 0 Å². The van der Waals surface area contributed by atoms with Gasteiger partial charge in [0, 0.05) is 5.69 Å². The van der Waals surface area contributed by atoms with Gasteiger partial charge < -0.3 is 10.1 Å². The molecule has 1 rings (SSSR count). The van der Waals surface area contributed by atoms with Crippen molar-refractivity contribution in [3.05, 3.63) is 22.7 Å². The fraction of sp³-hybridized carbons (Fsp3) is 0.250. The van der Waals surface area contributed by atoms with Crippen LogP contribution in [0.15, 0.2) is 22.7 Å². The minimum absolute atomic E-state index is 0.624. The Bertz CT molecular complexity index is 267. The summed E-state index contributed by atoms with van der Waals surface area (Å²) in [4.78, 5) is 0. The summed E-state index contributed by atoms with van der Waals surface area (Å²) in [6.07, 6.45) is 0. The van der Waals surface area contributed by atoms with Crippen molar-refractivity contribution < 1.29 is 4.74 Å². The van der Waals surface area contributed by atoms with E-state index in [2.05, 4.69) is 33.9 Å². The van der Waals surface area contributed by atoms with E-state index in [1.165, 1.54) is 0 Å². The summed E-state index contributed by atoms with van der Waals surface area (Å²) in [6.45, 7) is 0. The molecule has 1 aromatic carbocycles. The van der Waals surface area contributed by atoms with Crippen LogP contribution in [0.4, 0.5) is 5.69 Å². The van der Waals surface area contributed by atoms with E-state index in [-0.39, 0.29) is 0 Å². The molecule has 1 aromatic rings. The van der Waals surface area contributed by atoms with Gasteiger partial charge in [-0.15, -0.1) is 0 Å². The van der Waals surface area contributed by atoms with Gasteiger partial charge in [0.05, 0.1) is 17.5 Å². The van der Waals surface area contributed by atoms with Gasteiger partial charge in [0.15, 0.2) is 0 Å². The summed E-state index contributed by atoms with van der Waals surface area (Å²) in [5.74, 6) is 1.46. The van der Waals surface area contributed by atoms with Crippen LogP contribution in [0.25, 0.3) is 0 Å². The van der Waals surface area contributed by atoms with Crippen molar-refractivity contribution in [2.45, 2.75) is 0 Å². The number of hydrogen-bond donors (Lipinski definition) is 2. The Balaban J connectivity index is 2.86. The second-order valence-electron chi connectivity index (χ2n) is 2.18. The SMILES string of the molecule is COc1ccc(NCS)cc1Br. The van der Waals surface area contributed by atoms with Crippen LogP contribution in [-0.4, -0.2) is 13.0 Å². The number of ether oxygens (including phenoxy) is 1. The average Bonchev–Trinajstić information content (AvgIpc) is 2.05. The summed E-state index contributed by atoms with van der Waals surface area (Å²) in [5, 5.41) is 3.08. The molecule has 0 aliphatic rings. The number of hydrogen-bond acceptors (Lipinski definition) is 3. The van der Waals surface area contributed by atoms with Crippen LogP contribution in [0.3, 0.4) is 0 Å². The van der Waals surface area contributed by atoms with E-state index in [4.69, 9.17) is 4.74 Å². The van der Waals surface area contributed by atoms with E-state index >= 15 is 0 Å². The second-order valence-corrected chi connectivity index (χ2v) is 3.35. The highest BCUT2D eigenvalue weighted by Crippen LogP contribution is 2.27. The van der Waals surface area contributed by atoms with Crippen LogP contribution >= 0.6 is 28.6 Å². The topological polar surface area (TPSA) is 21.3 Å². The van der Waals surface area contributed by atoms with E-state index in [0.717, 1.165) is 15.9 Å². The van der Waals surface area contributed by atoms with Crippen molar-refractivity contribution in [2.75, 3.05) is 18.3 Å². The molecular weight excluding hydrogens is 238 g/mol. The number of halogens is 1. The van der Waals surface area contributed by atoms with Gasteiger partial charge in [-0.3, -0.25) is 0 Å². The highest BCUT2D eigenvalue weighted by atomic mass is 79.9. The predicted molar refractivity (Wildman–Crippen MR) is 58.2 cm³/mol. The number of nitrogens with one attached hydrogen (secondary N) is 1. The van der Waals surface area contributed by atoms with Crippen LogP contribution in [-0.2, 0) is 0 Å². The first kappa shape index (κ1) is 9.74. The third-order valence-electron chi connectivity index (χ3n) is 1.43. The molecule has 0 unspecified atom stereocenters. The largest absolute Gasteiger partial charge is 0.496 e. The van der Waals surface area contributed by atoms with E-state index in [0.29, 0.717) is 5.88 Å². The van der Waals surface area contributed by atoms with Crippen LogP contribution in [0.2, 0.25) is 0 Å². The van der Waals surface area contributed by atoms with Crippen molar-refractivity contribution in [3.8, 4) is 5.75 Å². The molecule has 0 atom stereocenters. The molecule has 0 aromatic heterocycles. The Labute approximate surface area is 85.8 Å². The fourth-order valence-corrected chi connectivity index (χ4v) is 1.59. The molecule has 1 N–H and O–H groups in total. The first-order valence-electron chi connectivity index (χ1n) is 3.46. The van der Waals surface area contributed by atoms with Crippen LogP contribution in [0.5, 0.6) is 5.75 Å². The van der Waals surface area contributed by atoms with Crippen molar-refractivity contribution in [1.82, 2.24) is 0 Å². The fourth-order valence-electron chi connectivity index (χ4n) is 0.868. The lowest BCUT2D eigenvalue weighted by Gasteiger charge is -2.06. The summed E-state index contributed by atoms with van der Waals surface area (Å²) in [5.41, 5.74) is 1.03. The Morgan fingerprint density at radius 1 is 1.58 bits per heavy atom. The highest BCUT2D eigenvalue weighted by Gasteiger charge is 1.99. The molecule has 66 valence electrons. The van der Waals surface area contributed by atoms with E-state index in [1.807, 2.05) is 18.2 Å². The number of anilines is 1. The molecule has 4 heteroatoms. The molecule has 0 radical (unpaired) electrons. The first-order chi connectivity index (χ1) is 5.77. The lowest BCUT2D eigenvalue weighted by molar-refractivity contribution is 0.412. The molecule has 0 fully saturated rings. The Hall–Kier alpha value is -0.350. The third-order valence-corrected chi connectivity index (χ3v) is 2.21. The van der Waals surface area contributed by atoms with Gasteiger partial charge in [0.1, 0.15) is 5.75 Å². The molecule has 0 heterocycles. The molecule has 0 aliphatic heterocycles. The zero-order valence-corrected chi connectivity index (χ0v) is 9.15. The molecule has 0 spiro atoms. The van der Waals surface area contributed by atoms with E-state index < -0.39 is 0 Å². The normalized spacial score (nSPS) is 9.58. The summed E-state index contributed by atoms with van der Waals surface area (Å²) < 4.78 is 6.03. The predicted octanol–water partition coefficient (Wildman–Crippen LogP) is 2.76. The van der Waals surface area contributed by atoms with Crippen molar-refractivity contribution in [3.63, 3.8) is 0 Å². The second kappa shape index (κ2) is 4.62. The van der Waals surface area contributed by atoms with Gasteiger partial charge in [0.25, 0.3) is 0 Å². The Kier molecular flexibility index (Phi) is 3.75. The van der Waals surface area contributed by atoms with Crippen molar-refractivity contribution >= 4 is 34.2 Å². The maximum Gasteiger partial charge on any atom is 0.133 e. The van der Waals surface area contributed by atoms with Crippen molar-refractivity contribution in [2.24, 2.45) is 0 Å². The number of rotatable bonds is 3. The lowest BCUT2D eigenvalue weighted by Crippen LogP contribution is -1.94. The smallest absolute Gasteiger partial charge is 0.133 e. The summed E-state index contributed by atoms with van der Waals surface area (Å²) in [6, 6.07) is 5.80. The summed E-state index contributed by atoms with van der Waals surface area (Å²) >= 11 is 7.44. The van der Waals surface area contributed by atoms with Gasteiger partial charge in [-0.05, 0) is 34.1 Å². The lowest BCUT2D eigenvalue weighted by atomic mass is 10.3.